The summed E-state index contributed by atoms with van der Waals surface area (Å²) in [6, 6.07) is 0. The van der Waals surface area contributed by atoms with Crippen molar-refractivity contribution in [3.05, 3.63) is 24.2 Å². The van der Waals surface area contributed by atoms with E-state index in [4.69, 9.17) is 4.74 Å². The van der Waals surface area contributed by atoms with Gasteiger partial charge >= 0.3 is 0 Å². The second-order valence-electron chi connectivity index (χ2n) is 3.85. The number of nitrogens with zero attached hydrogens (tertiary/aromatic N) is 3. The second kappa shape index (κ2) is 6.33. The average molecular weight is 223 g/mol. The number of hydrogen-bond acceptors (Lipinski definition) is 4. The van der Waals surface area contributed by atoms with Gasteiger partial charge in [-0.3, -0.25) is 0 Å². The highest BCUT2D eigenvalue weighted by atomic mass is 16.5. The Morgan fingerprint density at radius 2 is 1.94 bits per heavy atom. The van der Waals surface area contributed by atoms with Gasteiger partial charge in [0.1, 0.15) is 11.6 Å². The normalized spacial score (nSPS) is 19.2. The average Bonchev–Trinajstić information content (AvgIpc) is 2.29. The van der Waals surface area contributed by atoms with Crippen molar-refractivity contribution in [2.24, 2.45) is 4.99 Å². The number of aliphatic imine (C=N–C) groups is 1. The van der Waals surface area contributed by atoms with Crippen molar-refractivity contribution in [2.75, 3.05) is 40.3 Å². The first-order valence-corrected chi connectivity index (χ1v) is 5.54. The molecule has 1 fully saturated rings. The summed E-state index contributed by atoms with van der Waals surface area (Å²) in [6.45, 7) is 9.84. The molecule has 0 amide bonds. The van der Waals surface area contributed by atoms with Crippen LogP contribution in [0.1, 0.15) is 6.92 Å². The predicted octanol–water partition coefficient (Wildman–Crippen LogP) is 1.33. The van der Waals surface area contributed by atoms with Gasteiger partial charge in [-0.25, -0.2) is 4.99 Å². The second-order valence-corrected chi connectivity index (χ2v) is 3.85. The van der Waals surface area contributed by atoms with E-state index < -0.39 is 0 Å². The fraction of sp³-hybridized carbons (Fsp3) is 0.583. The fourth-order valence-corrected chi connectivity index (χ4v) is 1.58. The number of likely N-dealkylation sites (N-methyl/N-ethyl adjacent to an activating group) is 1. The van der Waals surface area contributed by atoms with Crippen LogP contribution in [0.15, 0.2) is 29.2 Å². The van der Waals surface area contributed by atoms with Crippen LogP contribution < -0.4 is 0 Å². The monoisotopic (exact) mass is 223 g/mol. The summed E-state index contributed by atoms with van der Waals surface area (Å²) >= 11 is 0. The number of methoxy groups -OCH3 is 1. The zero-order chi connectivity index (χ0) is 12.0. The van der Waals surface area contributed by atoms with E-state index in [-0.39, 0.29) is 0 Å². The lowest BCUT2D eigenvalue weighted by atomic mass is 10.3. The third-order valence-electron chi connectivity index (χ3n) is 2.64. The minimum Gasteiger partial charge on any atom is -0.497 e. The van der Waals surface area contributed by atoms with Gasteiger partial charge in [0.2, 0.25) is 0 Å². The molecule has 1 heterocycles. The Balaban J connectivity index is 2.70. The highest BCUT2D eigenvalue weighted by Gasteiger charge is 2.15. The van der Waals surface area contributed by atoms with Crippen molar-refractivity contribution in [3.8, 4) is 0 Å². The molecule has 1 saturated heterocycles. The predicted molar refractivity (Wildman–Crippen MR) is 67.5 cm³/mol. The van der Waals surface area contributed by atoms with Crippen LogP contribution in [0.3, 0.4) is 0 Å². The van der Waals surface area contributed by atoms with Crippen LogP contribution in [-0.2, 0) is 4.74 Å². The van der Waals surface area contributed by atoms with Crippen molar-refractivity contribution in [1.82, 2.24) is 9.80 Å². The van der Waals surface area contributed by atoms with Gasteiger partial charge in [0.05, 0.1) is 7.11 Å². The van der Waals surface area contributed by atoms with Gasteiger partial charge < -0.3 is 14.5 Å². The van der Waals surface area contributed by atoms with E-state index in [2.05, 4.69) is 28.4 Å². The summed E-state index contributed by atoms with van der Waals surface area (Å²) < 4.78 is 5.06. The fourth-order valence-electron chi connectivity index (χ4n) is 1.58. The topological polar surface area (TPSA) is 28.1 Å². The van der Waals surface area contributed by atoms with Crippen LogP contribution in [-0.4, -0.2) is 56.4 Å². The van der Waals surface area contributed by atoms with E-state index in [1.807, 2.05) is 13.0 Å². The number of piperazine rings is 1. The van der Waals surface area contributed by atoms with Crippen molar-refractivity contribution >= 4 is 6.21 Å². The van der Waals surface area contributed by atoms with Gasteiger partial charge in [-0.2, -0.15) is 0 Å². The third kappa shape index (κ3) is 3.70. The lowest BCUT2D eigenvalue weighted by Gasteiger charge is -2.33. The summed E-state index contributed by atoms with van der Waals surface area (Å²) in [7, 11) is 3.76. The van der Waals surface area contributed by atoms with Gasteiger partial charge in [-0.15, -0.1) is 0 Å². The molecule has 0 radical (unpaired) electrons. The molecule has 0 aromatic rings. The first kappa shape index (κ1) is 12.8. The molecule has 4 nitrogen and oxygen atoms in total. The van der Waals surface area contributed by atoms with E-state index in [0.717, 1.165) is 32.0 Å². The Morgan fingerprint density at radius 1 is 1.31 bits per heavy atom. The summed E-state index contributed by atoms with van der Waals surface area (Å²) in [5.74, 6) is 1.57. The minimum atomic E-state index is 0.638. The van der Waals surface area contributed by atoms with Gasteiger partial charge in [0.25, 0.3) is 0 Å². The van der Waals surface area contributed by atoms with Crippen LogP contribution in [0, 0.1) is 0 Å². The summed E-state index contributed by atoms with van der Waals surface area (Å²) in [5, 5.41) is 0. The van der Waals surface area contributed by atoms with Crippen molar-refractivity contribution in [3.63, 3.8) is 0 Å². The standard InChI is InChI=1S/C12H21N3O/c1-5-13-12(10-11(2)16-4)15-8-6-14(3)7-9-15/h5,10H,2,6-9H2,1,3-4H3/b12-10+,13-5-. The van der Waals surface area contributed by atoms with Crippen LogP contribution >= 0.6 is 0 Å². The Bertz CT molecular complexity index is 289. The molecule has 0 spiro atoms. The van der Waals surface area contributed by atoms with Gasteiger partial charge in [0, 0.05) is 38.5 Å². The Kier molecular flexibility index (Phi) is 5.05. The number of ether oxygens (including phenoxy) is 1. The molecule has 0 aliphatic carbocycles. The van der Waals surface area contributed by atoms with Crippen molar-refractivity contribution in [1.29, 1.82) is 0 Å². The van der Waals surface area contributed by atoms with Crippen LogP contribution in [0.25, 0.3) is 0 Å². The van der Waals surface area contributed by atoms with Gasteiger partial charge in [-0.05, 0) is 14.0 Å². The Labute approximate surface area is 97.9 Å². The lowest BCUT2D eigenvalue weighted by Crippen LogP contribution is -2.43. The van der Waals surface area contributed by atoms with Crippen molar-refractivity contribution < 1.29 is 4.74 Å². The van der Waals surface area contributed by atoms with Crippen LogP contribution in [0.5, 0.6) is 0 Å². The van der Waals surface area contributed by atoms with E-state index >= 15 is 0 Å². The SMILES string of the molecule is C=C(/C=C(\N=C/C)N1CCN(C)CC1)OC. The molecule has 0 unspecified atom stereocenters. The molecule has 1 aliphatic heterocycles. The molecule has 0 bridgehead atoms. The molecule has 1 aliphatic rings. The summed E-state index contributed by atoms with van der Waals surface area (Å²) in [4.78, 5) is 8.93. The van der Waals surface area contributed by atoms with Crippen LogP contribution in [0.2, 0.25) is 0 Å². The number of allylic oxidation sites excluding steroid dienone is 1. The zero-order valence-corrected chi connectivity index (χ0v) is 10.4. The molecule has 4 heteroatoms. The Hall–Kier alpha value is -1.29. The smallest absolute Gasteiger partial charge is 0.131 e. The largest absolute Gasteiger partial charge is 0.497 e. The van der Waals surface area contributed by atoms with Gasteiger partial charge in [0.15, 0.2) is 0 Å². The van der Waals surface area contributed by atoms with Crippen LogP contribution in [0.4, 0.5) is 0 Å². The molecule has 0 atom stereocenters. The molecular formula is C12H21N3O. The maximum Gasteiger partial charge on any atom is 0.131 e. The van der Waals surface area contributed by atoms with Crippen molar-refractivity contribution in [2.45, 2.75) is 6.92 Å². The van der Waals surface area contributed by atoms with E-state index in [0.29, 0.717) is 5.76 Å². The lowest BCUT2D eigenvalue weighted by molar-refractivity contribution is 0.184. The quantitative estimate of drug-likeness (QED) is 0.409. The summed E-state index contributed by atoms with van der Waals surface area (Å²) in [5.41, 5.74) is 0. The molecule has 0 aromatic heterocycles. The molecule has 16 heavy (non-hydrogen) atoms. The number of hydrogen-bond donors (Lipinski definition) is 0. The molecular weight excluding hydrogens is 202 g/mol. The highest BCUT2D eigenvalue weighted by Crippen LogP contribution is 2.12. The first-order valence-electron chi connectivity index (χ1n) is 5.54. The molecule has 0 aromatic carbocycles. The van der Waals surface area contributed by atoms with E-state index in [9.17, 15) is 0 Å². The molecule has 1 rings (SSSR count). The highest BCUT2D eigenvalue weighted by molar-refractivity contribution is 5.55. The van der Waals surface area contributed by atoms with E-state index in [1.165, 1.54) is 0 Å². The molecule has 0 saturated carbocycles. The third-order valence-corrected chi connectivity index (χ3v) is 2.64. The molecule has 0 N–H and O–H groups in total. The Morgan fingerprint density at radius 3 is 2.44 bits per heavy atom. The zero-order valence-electron chi connectivity index (χ0n) is 10.4. The van der Waals surface area contributed by atoms with Gasteiger partial charge in [-0.1, -0.05) is 6.58 Å². The van der Waals surface area contributed by atoms with E-state index in [1.54, 1.807) is 13.3 Å². The number of rotatable bonds is 4. The molecule has 90 valence electrons. The maximum absolute atomic E-state index is 5.06. The maximum atomic E-state index is 5.06. The summed E-state index contributed by atoms with van der Waals surface area (Å²) in [6.07, 6.45) is 3.68. The minimum absolute atomic E-state index is 0.638. The first-order chi connectivity index (χ1) is 7.67.